The number of alkyl halides is 1. The normalized spacial score (nSPS) is 12.3. The van der Waals surface area contributed by atoms with Crippen molar-refractivity contribution in [3.63, 3.8) is 0 Å². The molecule has 106 valence electrons. The molecule has 1 heterocycles. The number of rotatable bonds is 3. The molecule has 5 heteroatoms. The van der Waals surface area contributed by atoms with Gasteiger partial charge in [-0.2, -0.15) is 4.98 Å². The third kappa shape index (κ3) is 2.81. The lowest BCUT2D eigenvalue weighted by molar-refractivity contribution is 0.383. The van der Waals surface area contributed by atoms with Crippen molar-refractivity contribution in [2.75, 3.05) is 0 Å². The summed E-state index contributed by atoms with van der Waals surface area (Å²) in [5, 5.41) is 3.37. The summed E-state index contributed by atoms with van der Waals surface area (Å²) in [6.07, 6.45) is 0. The zero-order chi connectivity index (χ0) is 14.8. The van der Waals surface area contributed by atoms with Crippen molar-refractivity contribution in [3.8, 4) is 11.4 Å². The van der Waals surface area contributed by atoms with Crippen LogP contribution in [0.15, 0.2) is 53.1 Å². The van der Waals surface area contributed by atoms with Crippen molar-refractivity contribution >= 4 is 11.6 Å². The first-order valence-electron chi connectivity index (χ1n) is 6.44. The molecule has 0 aliphatic carbocycles. The van der Waals surface area contributed by atoms with E-state index in [-0.39, 0.29) is 5.82 Å². The van der Waals surface area contributed by atoms with Crippen molar-refractivity contribution in [1.82, 2.24) is 10.1 Å². The van der Waals surface area contributed by atoms with E-state index in [1.807, 2.05) is 37.3 Å². The molecule has 0 aliphatic heterocycles. The van der Waals surface area contributed by atoms with Crippen LogP contribution >= 0.6 is 11.6 Å². The van der Waals surface area contributed by atoms with Crippen LogP contribution in [0.5, 0.6) is 0 Å². The van der Waals surface area contributed by atoms with Crippen molar-refractivity contribution in [2.24, 2.45) is 0 Å². The molecule has 0 amide bonds. The van der Waals surface area contributed by atoms with Crippen LogP contribution in [0.1, 0.15) is 22.4 Å². The summed E-state index contributed by atoms with van der Waals surface area (Å²) in [6.45, 7) is 1.86. The Labute approximate surface area is 126 Å². The average molecular weight is 303 g/mol. The minimum Gasteiger partial charge on any atom is -0.337 e. The maximum absolute atomic E-state index is 13.4. The summed E-state index contributed by atoms with van der Waals surface area (Å²) in [5.74, 6) is 0.289. The van der Waals surface area contributed by atoms with Crippen LogP contribution in [0.3, 0.4) is 0 Å². The summed E-state index contributed by atoms with van der Waals surface area (Å²) >= 11 is 6.33. The van der Waals surface area contributed by atoms with Gasteiger partial charge in [0.1, 0.15) is 11.2 Å². The smallest absolute Gasteiger partial charge is 0.249 e. The molecule has 0 N–H and O–H groups in total. The maximum Gasteiger partial charge on any atom is 0.249 e. The van der Waals surface area contributed by atoms with Crippen LogP contribution < -0.4 is 0 Å². The number of hydrogen-bond donors (Lipinski definition) is 0. The highest BCUT2D eigenvalue weighted by molar-refractivity contribution is 6.22. The van der Waals surface area contributed by atoms with Gasteiger partial charge in [-0.1, -0.05) is 41.6 Å². The fourth-order valence-electron chi connectivity index (χ4n) is 2.05. The number of nitrogens with zero attached hydrogens (tertiary/aromatic N) is 2. The Kier molecular flexibility index (Phi) is 3.71. The third-order valence-electron chi connectivity index (χ3n) is 3.19. The highest BCUT2D eigenvalue weighted by Crippen LogP contribution is 2.29. The SMILES string of the molecule is Cc1ccc(F)cc1-c1noc(C(Cl)c2ccccc2)n1. The van der Waals surface area contributed by atoms with E-state index in [0.29, 0.717) is 17.3 Å². The number of aromatic nitrogens is 2. The number of hydrogen-bond acceptors (Lipinski definition) is 3. The number of benzene rings is 2. The van der Waals surface area contributed by atoms with Gasteiger partial charge in [0.15, 0.2) is 0 Å². The van der Waals surface area contributed by atoms with E-state index in [0.717, 1.165) is 11.1 Å². The fraction of sp³-hybridized carbons (Fsp3) is 0.125. The van der Waals surface area contributed by atoms with Gasteiger partial charge in [0.05, 0.1) is 0 Å². The molecule has 3 nitrogen and oxygen atoms in total. The summed E-state index contributed by atoms with van der Waals surface area (Å²) in [5.41, 5.74) is 2.34. The Balaban J connectivity index is 1.95. The van der Waals surface area contributed by atoms with Crippen molar-refractivity contribution in [2.45, 2.75) is 12.3 Å². The quantitative estimate of drug-likeness (QED) is 0.668. The monoisotopic (exact) mass is 302 g/mol. The molecule has 3 rings (SSSR count). The zero-order valence-electron chi connectivity index (χ0n) is 11.3. The molecule has 0 aliphatic rings. The van der Waals surface area contributed by atoms with Crippen LogP contribution in [0.4, 0.5) is 4.39 Å². The second-order valence-electron chi connectivity index (χ2n) is 4.69. The van der Waals surface area contributed by atoms with Gasteiger partial charge in [0.2, 0.25) is 11.7 Å². The molecular weight excluding hydrogens is 291 g/mol. The van der Waals surface area contributed by atoms with Crippen LogP contribution in [-0.2, 0) is 0 Å². The lowest BCUT2D eigenvalue weighted by Crippen LogP contribution is -1.93. The first-order chi connectivity index (χ1) is 10.1. The van der Waals surface area contributed by atoms with E-state index in [4.69, 9.17) is 16.1 Å². The first-order valence-corrected chi connectivity index (χ1v) is 6.88. The number of aryl methyl sites for hydroxylation is 1. The maximum atomic E-state index is 13.4. The first kappa shape index (κ1) is 13.8. The lowest BCUT2D eigenvalue weighted by atomic mass is 10.1. The van der Waals surface area contributed by atoms with Crippen molar-refractivity contribution in [3.05, 3.63) is 71.4 Å². The largest absolute Gasteiger partial charge is 0.337 e. The molecule has 0 spiro atoms. The minimum atomic E-state index is -0.527. The molecule has 1 unspecified atom stereocenters. The van der Waals surface area contributed by atoms with Crippen LogP contribution in [0.2, 0.25) is 0 Å². The number of halogens is 2. The summed E-state index contributed by atoms with van der Waals surface area (Å²) in [7, 11) is 0. The molecule has 0 radical (unpaired) electrons. The van der Waals surface area contributed by atoms with Crippen molar-refractivity contribution < 1.29 is 8.91 Å². The molecular formula is C16H12ClFN2O. The molecule has 21 heavy (non-hydrogen) atoms. The second-order valence-corrected chi connectivity index (χ2v) is 5.13. The van der Waals surface area contributed by atoms with Gasteiger partial charge in [0.25, 0.3) is 0 Å². The van der Waals surface area contributed by atoms with Gasteiger partial charge in [-0.25, -0.2) is 4.39 Å². The Morgan fingerprint density at radius 3 is 2.67 bits per heavy atom. The zero-order valence-corrected chi connectivity index (χ0v) is 12.0. The minimum absolute atomic E-state index is 0.293. The van der Waals surface area contributed by atoms with Gasteiger partial charge in [-0.3, -0.25) is 0 Å². The summed E-state index contributed by atoms with van der Waals surface area (Å²) in [4.78, 5) is 4.28. The van der Waals surface area contributed by atoms with E-state index in [9.17, 15) is 4.39 Å². The van der Waals surface area contributed by atoms with Crippen LogP contribution in [0.25, 0.3) is 11.4 Å². The fourth-order valence-corrected chi connectivity index (χ4v) is 2.28. The molecule has 1 atom stereocenters. The van der Waals surface area contributed by atoms with E-state index in [1.165, 1.54) is 12.1 Å². The van der Waals surface area contributed by atoms with Crippen molar-refractivity contribution in [1.29, 1.82) is 0 Å². The molecule has 1 aromatic heterocycles. The van der Waals surface area contributed by atoms with Gasteiger partial charge in [0, 0.05) is 5.56 Å². The molecule has 0 bridgehead atoms. The predicted octanol–water partition coefficient (Wildman–Crippen LogP) is 4.51. The van der Waals surface area contributed by atoms with E-state index >= 15 is 0 Å². The highest BCUT2D eigenvalue weighted by atomic mass is 35.5. The standard InChI is InChI=1S/C16H12ClFN2O/c1-10-7-8-12(18)9-13(10)15-19-16(21-20-15)14(17)11-5-3-2-4-6-11/h2-9,14H,1H3. The Bertz CT molecular complexity index is 758. The van der Waals surface area contributed by atoms with E-state index in [1.54, 1.807) is 6.07 Å². The van der Waals surface area contributed by atoms with Crippen LogP contribution in [-0.4, -0.2) is 10.1 Å². The Morgan fingerprint density at radius 1 is 1.14 bits per heavy atom. The predicted molar refractivity (Wildman–Crippen MR) is 78.6 cm³/mol. The Morgan fingerprint density at radius 2 is 1.90 bits per heavy atom. The molecule has 2 aromatic carbocycles. The van der Waals surface area contributed by atoms with Gasteiger partial charge >= 0.3 is 0 Å². The van der Waals surface area contributed by atoms with E-state index in [2.05, 4.69) is 10.1 Å². The molecule has 0 saturated heterocycles. The van der Waals surface area contributed by atoms with Gasteiger partial charge in [-0.05, 0) is 30.2 Å². The highest BCUT2D eigenvalue weighted by Gasteiger charge is 2.19. The van der Waals surface area contributed by atoms with Crippen LogP contribution in [0, 0.1) is 12.7 Å². The average Bonchev–Trinajstić information content (AvgIpc) is 2.99. The third-order valence-corrected chi connectivity index (χ3v) is 3.63. The summed E-state index contributed by atoms with van der Waals surface area (Å²) < 4.78 is 18.6. The molecule has 0 saturated carbocycles. The molecule has 0 fully saturated rings. The second kappa shape index (κ2) is 5.66. The van der Waals surface area contributed by atoms with E-state index < -0.39 is 5.38 Å². The van der Waals surface area contributed by atoms with Gasteiger partial charge in [-0.15, -0.1) is 11.6 Å². The summed E-state index contributed by atoms with van der Waals surface area (Å²) in [6, 6.07) is 13.9. The van der Waals surface area contributed by atoms with Gasteiger partial charge < -0.3 is 4.52 Å². The lowest BCUT2D eigenvalue weighted by Gasteiger charge is -2.03. The topological polar surface area (TPSA) is 38.9 Å². The molecule has 3 aromatic rings. The Hall–Kier alpha value is -2.20.